The van der Waals surface area contributed by atoms with Gasteiger partial charge in [-0.2, -0.15) is 0 Å². The van der Waals surface area contributed by atoms with Gasteiger partial charge in [0.25, 0.3) is 0 Å². The van der Waals surface area contributed by atoms with Gasteiger partial charge in [-0.1, -0.05) is 0 Å². The molecule has 0 saturated carbocycles. The summed E-state index contributed by atoms with van der Waals surface area (Å²) < 4.78 is 0. The van der Waals surface area contributed by atoms with Gasteiger partial charge in [0.2, 0.25) is 0 Å². The van der Waals surface area contributed by atoms with Crippen LogP contribution in [0, 0.1) is 0 Å². The van der Waals surface area contributed by atoms with E-state index in [4.69, 9.17) is 16.6 Å². The molecule has 0 aromatic carbocycles. The van der Waals surface area contributed by atoms with Gasteiger partial charge in [-0.05, 0) is 19.4 Å². The Labute approximate surface area is 84.5 Å². The minimum absolute atomic E-state index is 0. The van der Waals surface area contributed by atoms with Gasteiger partial charge in [0, 0.05) is 6.04 Å². The summed E-state index contributed by atoms with van der Waals surface area (Å²) in [5.74, 6) is -0.843. The Morgan fingerprint density at radius 1 is 1.42 bits per heavy atom. The molecule has 0 fully saturated rings. The van der Waals surface area contributed by atoms with Crippen LogP contribution < -0.4 is 11.5 Å². The van der Waals surface area contributed by atoms with Crippen molar-refractivity contribution in [2.45, 2.75) is 25.3 Å². The topological polar surface area (TPSA) is 89.3 Å². The van der Waals surface area contributed by atoms with Crippen LogP contribution in [0.5, 0.6) is 0 Å². The van der Waals surface area contributed by atoms with Crippen molar-refractivity contribution in [1.82, 2.24) is 0 Å². The Hall–Kier alpha value is -0.0300. The molecule has 0 aliphatic heterocycles. The fraction of sp³-hybridized carbons (Fsp3) is 0.833. The zero-order valence-corrected chi connectivity index (χ0v) is 8.37. The van der Waals surface area contributed by atoms with Crippen LogP contribution in [0.1, 0.15) is 19.3 Å². The number of hydrogen-bond donors (Lipinski definition) is 3. The van der Waals surface area contributed by atoms with Crippen LogP contribution in [0.2, 0.25) is 0 Å². The van der Waals surface area contributed by atoms with Crippen molar-refractivity contribution in [1.29, 1.82) is 0 Å². The normalized spacial score (nSPS) is 10.8. The van der Waals surface area contributed by atoms with Gasteiger partial charge in [0.15, 0.2) is 0 Å². The Balaban J connectivity index is -0.000000405. The van der Waals surface area contributed by atoms with E-state index in [1.807, 2.05) is 0 Å². The molecule has 0 bridgehead atoms. The molecule has 12 heavy (non-hydrogen) atoms. The van der Waals surface area contributed by atoms with E-state index in [2.05, 4.69) is 0 Å². The van der Waals surface area contributed by atoms with E-state index in [0.717, 1.165) is 6.42 Å². The maximum atomic E-state index is 10.1. The zero-order valence-electron chi connectivity index (χ0n) is 6.73. The Morgan fingerprint density at radius 2 is 1.92 bits per heavy atom. The second kappa shape index (κ2) is 11.0. The molecule has 0 saturated heterocycles. The SMILES string of the molecule is Cl.Cl.NCCC[C@@H](N)CC(=O)O. The van der Waals surface area contributed by atoms with Crippen LogP contribution in [-0.2, 0) is 4.79 Å². The molecule has 0 aliphatic carbocycles. The van der Waals surface area contributed by atoms with E-state index in [1.165, 1.54) is 0 Å². The van der Waals surface area contributed by atoms with Crippen molar-refractivity contribution < 1.29 is 9.90 Å². The second-order valence-electron chi connectivity index (χ2n) is 2.29. The quantitative estimate of drug-likeness (QED) is 0.623. The number of halogens is 2. The summed E-state index contributed by atoms with van der Waals surface area (Å²) >= 11 is 0. The number of aliphatic carboxylic acids is 1. The summed E-state index contributed by atoms with van der Waals surface area (Å²) in [4.78, 5) is 10.1. The fourth-order valence-corrected chi connectivity index (χ4v) is 0.706. The smallest absolute Gasteiger partial charge is 0.304 e. The van der Waals surface area contributed by atoms with Gasteiger partial charge in [-0.25, -0.2) is 0 Å². The lowest BCUT2D eigenvalue weighted by Gasteiger charge is -2.05. The summed E-state index contributed by atoms with van der Waals surface area (Å²) in [6, 6.07) is -0.235. The van der Waals surface area contributed by atoms with Crippen molar-refractivity contribution in [3.05, 3.63) is 0 Å². The molecule has 0 amide bonds. The summed E-state index contributed by atoms with van der Waals surface area (Å²) in [5, 5.41) is 8.27. The number of carbonyl (C=O) groups is 1. The molecule has 1 atom stereocenters. The van der Waals surface area contributed by atoms with Crippen molar-refractivity contribution in [2.24, 2.45) is 11.5 Å². The molecule has 76 valence electrons. The van der Waals surface area contributed by atoms with Crippen LogP contribution in [0.15, 0.2) is 0 Å². The molecule has 4 nitrogen and oxygen atoms in total. The lowest BCUT2D eigenvalue weighted by atomic mass is 10.1. The second-order valence-corrected chi connectivity index (χ2v) is 2.29. The third kappa shape index (κ3) is 12.6. The minimum atomic E-state index is -0.843. The summed E-state index contributed by atoms with van der Waals surface area (Å²) in [6.45, 7) is 0.577. The summed E-state index contributed by atoms with van der Waals surface area (Å²) in [6.07, 6.45) is 1.54. The Bertz CT molecular complexity index is 114. The monoisotopic (exact) mass is 218 g/mol. The van der Waals surface area contributed by atoms with Gasteiger partial charge in [-0.3, -0.25) is 4.79 Å². The van der Waals surface area contributed by atoms with E-state index in [-0.39, 0.29) is 37.3 Å². The average molecular weight is 219 g/mol. The molecule has 0 aliphatic rings. The van der Waals surface area contributed by atoms with Crippen molar-refractivity contribution in [3.8, 4) is 0 Å². The lowest BCUT2D eigenvalue weighted by Crippen LogP contribution is -2.24. The molecular weight excluding hydrogens is 203 g/mol. The van der Waals surface area contributed by atoms with Gasteiger partial charge >= 0.3 is 5.97 Å². The molecule has 0 aromatic rings. The first-order chi connectivity index (χ1) is 4.66. The first kappa shape index (κ1) is 17.9. The number of nitrogens with two attached hydrogens (primary N) is 2. The molecule has 0 rings (SSSR count). The largest absolute Gasteiger partial charge is 0.481 e. The fourth-order valence-electron chi connectivity index (χ4n) is 0.706. The third-order valence-corrected chi connectivity index (χ3v) is 1.22. The van der Waals surface area contributed by atoms with Crippen molar-refractivity contribution in [2.75, 3.05) is 6.54 Å². The van der Waals surface area contributed by atoms with E-state index in [9.17, 15) is 4.79 Å². The highest BCUT2D eigenvalue weighted by atomic mass is 35.5. The Morgan fingerprint density at radius 3 is 2.25 bits per heavy atom. The number of rotatable bonds is 5. The van der Waals surface area contributed by atoms with Crippen LogP contribution in [0.25, 0.3) is 0 Å². The highest BCUT2D eigenvalue weighted by Gasteiger charge is 2.05. The van der Waals surface area contributed by atoms with Gasteiger partial charge in [0.05, 0.1) is 6.42 Å². The number of hydrogen-bond acceptors (Lipinski definition) is 3. The number of carboxylic acids is 1. The molecule has 0 heterocycles. The predicted octanol–water partition coefficient (Wildman–Crippen LogP) is 0.371. The summed E-state index contributed by atoms with van der Waals surface area (Å²) in [5.41, 5.74) is 10.6. The first-order valence-electron chi connectivity index (χ1n) is 3.34. The molecule has 0 spiro atoms. The Kier molecular flexibility index (Phi) is 16.4. The molecule has 6 heteroatoms. The average Bonchev–Trinajstić information content (AvgIpc) is 1.82. The van der Waals surface area contributed by atoms with Gasteiger partial charge in [0.1, 0.15) is 0 Å². The standard InChI is InChI=1S/C6H14N2O2.2ClH/c7-3-1-2-5(8)4-6(9)10;;/h5H,1-4,7-8H2,(H,9,10);2*1H/t5-;;/m1../s1. The molecule has 0 aromatic heterocycles. The van der Waals surface area contributed by atoms with E-state index < -0.39 is 5.97 Å². The zero-order chi connectivity index (χ0) is 7.98. The molecule has 0 unspecified atom stereocenters. The summed E-state index contributed by atoms with van der Waals surface area (Å²) in [7, 11) is 0. The van der Waals surface area contributed by atoms with Crippen LogP contribution in [0.4, 0.5) is 0 Å². The predicted molar refractivity (Wildman–Crippen MR) is 53.0 cm³/mol. The third-order valence-electron chi connectivity index (χ3n) is 1.22. The highest BCUT2D eigenvalue weighted by molar-refractivity contribution is 5.85. The first-order valence-corrected chi connectivity index (χ1v) is 3.34. The number of carboxylic acid groups (broad SMARTS) is 1. The lowest BCUT2D eigenvalue weighted by molar-refractivity contribution is -0.137. The molecular formula is C6H16Cl2N2O2. The van der Waals surface area contributed by atoms with E-state index in [0.29, 0.717) is 13.0 Å². The molecule has 5 N–H and O–H groups in total. The maximum absolute atomic E-state index is 10.1. The van der Waals surface area contributed by atoms with Gasteiger partial charge in [-0.15, -0.1) is 24.8 Å². The molecule has 0 radical (unpaired) electrons. The minimum Gasteiger partial charge on any atom is -0.481 e. The van der Waals surface area contributed by atoms with Crippen LogP contribution in [0.3, 0.4) is 0 Å². The maximum Gasteiger partial charge on any atom is 0.304 e. The van der Waals surface area contributed by atoms with Crippen LogP contribution >= 0.6 is 24.8 Å². The van der Waals surface area contributed by atoms with Crippen LogP contribution in [-0.4, -0.2) is 23.7 Å². The van der Waals surface area contributed by atoms with Gasteiger partial charge < -0.3 is 16.6 Å². The van der Waals surface area contributed by atoms with Crippen molar-refractivity contribution in [3.63, 3.8) is 0 Å². The van der Waals surface area contributed by atoms with Crippen molar-refractivity contribution >= 4 is 30.8 Å². The van der Waals surface area contributed by atoms with E-state index in [1.54, 1.807) is 0 Å². The van der Waals surface area contributed by atoms with E-state index >= 15 is 0 Å². The highest BCUT2D eigenvalue weighted by Crippen LogP contribution is 1.96.